The number of anilines is 1. The summed E-state index contributed by atoms with van der Waals surface area (Å²) in [6.07, 6.45) is 4.79. The summed E-state index contributed by atoms with van der Waals surface area (Å²) in [4.78, 5) is 24.7. The van der Waals surface area contributed by atoms with Crippen molar-refractivity contribution in [1.29, 1.82) is 0 Å². The predicted molar refractivity (Wildman–Crippen MR) is 120 cm³/mol. The van der Waals surface area contributed by atoms with Gasteiger partial charge in [-0.25, -0.2) is 0 Å². The van der Waals surface area contributed by atoms with Gasteiger partial charge in [0.05, 0.1) is 12.2 Å². The van der Waals surface area contributed by atoms with Crippen LogP contribution < -0.4 is 10.6 Å². The molecule has 1 saturated carbocycles. The highest BCUT2D eigenvalue weighted by Crippen LogP contribution is 2.24. The number of carbonyl (C=O) groups is 2. The van der Waals surface area contributed by atoms with E-state index in [1.165, 1.54) is 36.6 Å². The summed E-state index contributed by atoms with van der Waals surface area (Å²) < 4.78 is 1.78. The molecule has 0 spiro atoms. The molecule has 1 aromatic heterocycles. The summed E-state index contributed by atoms with van der Waals surface area (Å²) in [5.74, 6) is 1.28. The molecule has 2 N–H and O–H groups in total. The zero-order chi connectivity index (χ0) is 21.7. The van der Waals surface area contributed by atoms with Crippen LogP contribution in [0.25, 0.3) is 0 Å². The lowest BCUT2D eigenvalue weighted by atomic mass is 9.86. The molecular formula is C22H31N5O2S. The fourth-order valence-electron chi connectivity index (χ4n) is 3.70. The maximum absolute atomic E-state index is 12.4. The van der Waals surface area contributed by atoms with Gasteiger partial charge in [-0.05, 0) is 55.9 Å². The van der Waals surface area contributed by atoms with E-state index in [9.17, 15) is 9.59 Å². The monoisotopic (exact) mass is 429 g/mol. The SMILES string of the molecule is Cc1ccc(NC(=O)Cc2nnc(SCC(=O)N[C@H]3CCCC[C@H]3C)n2C)cc1C. The maximum Gasteiger partial charge on any atom is 0.232 e. The number of carbonyl (C=O) groups excluding carboxylic acids is 2. The number of nitrogens with one attached hydrogen (secondary N) is 2. The molecule has 2 atom stereocenters. The largest absolute Gasteiger partial charge is 0.352 e. The fourth-order valence-corrected chi connectivity index (χ4v) is 4.44. The number of rotatable bonds is 7. The van der Waals surface area contributed by atoms with Crippen molar-refractivity contribution < 1.29 is 9.59 Å². The molecule has 8 heteroatoms. The van der Waals surface area contributed by atoms with Crippen molar-refractivity contribution in [2.24, 2.45) is 13.0 Å². The van der Waals surface area contributed by atoms with Crippen molar-refractivity contribution in [2.75, 3.05) is 11.1 Å². The zero-order valence-corrected chi connectivity index (χ0v) is 19.0. The molecule has 1 aliphatic carbocycles. The molecule has 0 radical (unpaired) electrons. The Kier molecular flexibility index (Phi) is 7.53. The Bertz CT molecular complexity index is 911. The number of amides is 2. The Morgan fingerprint density at radius 2 is 1.90 bits per heavy atom. The maximum atomic E-state index is 12.4. The average Bonchev–Trinajstić information content (AvgIpc) is 3.04. The van der Waals surface area contributed by atoms with Gasteiger partial charge in [-0.3, -0.25) is 9.59 Å². The van der Waals surface area contributed by atoms with Crippen LogP contribution in [0.5, 0.6) is 0 Å². The van der Waals surface area contributed by atoms with Crippen LogP contribution in [-0.4, -0.2) is 38.4 Å². The molecule has 1 heterocycles. The summed E-state index contributed by atoms with van der Waals surface area (Å²) in [5, 5.41) is 15.0. The van der Waals surface area contributed by atoms with Crippen LogP contribution in [0.4, 0.5) is 5.69 Å². The normalized spacial score (nSPS) is 18.8. The molecule has 3 rings (SSSR count). The van der Waals surface area contributed by atoms with Crippen molar-refractivity contribution in [3.63, 3.8) is 0 Å². The predicted octanol–water partition coefficient (Wildman–Crippen LogP) is 3.40. The molecule has 2 aromatic rings. The third kappa shape index (κ3) is 5.84. The van der Waals surface area contributed by atoms with Gasteiger partial charge in [0, 0.05) is 18.8 Å². The van der Waals surface area contributed by atoms with Gasteiger partial charge in [-0.1, -0.05) is 37.6 Å². The first-order valence-electron chi connectivity index (χ1n) is 10.5. The molecule has 0 saturated heterocycles. The van der Waals surface area contributed by atoms with E-state index in [0.29, 0.717) is 22.7 Å². The summed E-state index contributed by atoms with van der Waals surface area (Å²) in [6, 6.07) is 6.11. The van der Waals surface area contributed by atoms with E-state index >= 15 is 0 Å². The Hall–Kier alpha value is -2.35. The lowest BCUT2D eigenvalue weighted by Crippen LogP contribution is -2.41. The van der Waals surface area contributed by atoms with Crippen molar-refractivity contribution in [2.45, 2.75) is 64.1 Å². The molecule has 0 aliphatic heterocycles. The molecule has 162 valence electrons. The van der Waals surface area contributed by atoms with Crippen LogP contribution in [0.15, 0.2) is 23.4 Å². The molecule has 1 aliphatic rings. The molecule has 1 aromatic carbocycles. The summed E-state index contributed by atoms with van der Waals surface area (Å²) in [5.41, 5.74) is 3.09. The van der Waals surface area contributed by atoms with Crippen molar-refractivity contribution in [3.8, 4) is 0 Å². The van der Waals surface area contributed by atoms with E-state index in [1.54, 1.807) is 4.57 Å². The van der Waals surface area contributed by atoms with Gasteiger partial charge in [0.2, 0.25) is 11.8 Å². The Balaban J connectivity index is 1.50. The number of benzene rings is 1. The highest BCUT2D eigenvalue weighted by molar-refractivity contribution is 7.99. The first-order chi connectivity index (χ1) is 14.3. The summed E-state index contributed by atoms with van der Waals surface area (Å²) in [7, 11) is 1.82. The van der Waals surface area contributed by atoms with Crippen molar-refractivity contribution >= 4 is 29.3 Å². The number of hydrogen-bond acceptors (Lipinski definition) is 5. The minimum absolute atomic E-state index is 0.0239. The second-order valence-electron chi connectivity index (χ2n) is 8.21. The molecule has 0 unspecified atom stereocenters. The van der Waals surface area contributed by atoms with Crippen LogP contribution >= 0.6 is 11.8 Å². The van der Waals surface area contributed by atoms with Crippen molar-refractivity contribution in [3.05, 3.63) is 35.2 Å². The minimum atomic E-state index is -0.144. The highest BCUT2D eigenvalue weighted by atomic mass is 32.2. The van der Waals surface area contributed by atoms with Crippen molar-refractivity contribution in [1.82, 2.24) is 20.1 Å². The zero-order valence-electron chi connectivity index (χ0n) is 18.2. The van der Waals surface area contributed by atoms with E-state index < -0.39 is 0 Å². The number of hydrogen-bond donors (Lipinski definition) is 2. The van der Waals surface area contributed by atoms with E-state index in [0.717, 1.165) is 17.7 Å². The standard InChI is InChI=1S/C22H31N5O2S/c1-14-9-10-17(11-16(14)3)23-20(28)12-19-25-26-22(27(19)4)30-13-21(29)24-18-8-6-5-7-15(18)2/h9-11,15,18H,5-8,12-13H2,1-4H3,(H,23,28)(H,24,29)/t15-,18+/m1/s1. The second-order valence-corrected chi connectivity index (χ2v) is 9.15. The van der Waals surface area contributed by atoms with Gasteiger partial charge in [0.25, 0.3) is 0 Å². The van der Waals surface area contributed by atoms with Gasteiger partial charge in [0.1, 0.15) is 5.82 Å². The highest BCUT2D eigenvalue weighted by Gasteiger charge is 2.23. The molecule has 2 amide bonds. The Morgan fingerprint density at radius 3 is 2.63 bits per heavy atom. The molecule has 7 nitrogen and oxygen atoms in total. The number of aryl methyl sites for hydroxylation is 2. The van der Waals surface area contributed by atoms with E-state index in [1.807, 2.05) is 39.1 Å². The van der Waals surface area contributed by atoms with Gasteiger partial charge in [-0.2, -0.15) is 0 Å². The molecule has 30 heavy (non-hydrogen) atoms. The Morgan fingerprint density at radius 1 is 1.13 bits per heavy atom. The van der Waals surface area contributed by atoms with E-state index in [-0.39, 0.29) is 24.3 Å². The van der Waals surface area contributed by atoms with Gasteiger partial charge < -0.3 is 15.2 Å². The summed E-state index contributed by atoms with van der Waals surface area (Å²) >= 11 is 1.35. The summed E-state index contributed by atoms with van der Waals surface area (Å²) in [6.45, 7) is 6.26. The van der Waals surface area contributed by atoms with Crippen LogP contribution in [0.2, 0.25) is 0 Å². The molecule has 1 fully saturated rings. The lowest BCUT2D eigenvalue weighted by molar-refractivity contribution is -0.120. The third-order valence-corrected chi connectivity index (χ3v) is 6.84. The van der Waals surface area contributed by atoms with Crippen LogP contribution in [0.3, 0.4) is 0 Å². The minimum Gasteiger partial charge on any atom is -0.352 e. The smallest absolute Gasteiger partial charge is 0.232 e. The van der Waals surface area contributed by atoms with Gasteiger partial charge in [-0.15, -0.1) is 10.2 Å². The Labute approximate surface area is 182 Å². The van der Waals surface area contributed by atoms with Gasteiger partial charge >= 0.3 is 0 Å². The average molecular weight is 430 g/mol. The van der Waals surface area contributed by atoms with Gasteiger partial charge in [0.15, 0.2) is 5.16 Å². The van der Waals surface area contributed by atoms with Crippen LogP contribution in [0.1, 0.15) is 49.6 Å². The number of aromatic nitrogens is 3. The fraction of sp³-hybridized carbons (Fsp3) is 0.545. The topological polar surface area (TPSA) is 88.9 Å². The lowest BCUT2D eigenvalue weighted by Gasteiger charge is -2.29. The molecular weight excluding hydrogens is 398 g/mol. The molecule has 0 bridgehead atoms. The van der Waals surface area contributed by atoms with Crippen LogP contribution in [0, 0.1) is 19.8 Å². The quantitative estimate of drug-likeness (QED) is 0.659. The van der Waals surface area contributed by atoms with E-state index in [2.05, 4.69) is 27.8 Å². The number of thioether (sulfide) groups is 1. The third-order valence-electron chi connectivity index (χ3n) is 5.82. The first kappa shape index (κ1) is 22.3. The van der Waals surface area contributed by atoms with E-state index in [4.69, 9.17) is 0 Å². The van der Waals surface area contributed by atoms with Crippen LogP contribution in [-0.2, 0) is 23.1 Å². The second kappa shape index (κ2) is 10.1. The number of nitrogens with zero attached hydrogens (tertiary/aromatic N) is 3. The first-order valence-corrected chi connectivity index (χ1v) is 11.5.